The van der Waals surface area contributed by atoms with Gasteiger partial charge in [0.2, 0.25) is 0 Å². The molecule has 0 atom stereocenters. The van der Waals surface area contributed by atoms with Crippen molar-refractivity contribution in [2.24, 2.45) is 0 Å². The number of oxazole rings is 1. The Hall–Kier alpha value is -1.95. The lowest BCUT2D eigenvalue weighted by atomic mass is 10.4. The second-order valence-electron chi connectivity index (χ2n) is 2.98. The molecule has 1 N–H and O–H groups in total. The minimum atomic E-state index is -0.475. The van der Waals surface area contributed by atoms with E-state index in [1.807, 2.05) is 0 Å². The van der Waals surface area contributed by atoms with E-state index < -0.39 is 5.91 Å². The van der Waals surface area contributed by atoms with Crippen LogP contribution in [-0.2, 0) is 0 Å². The van der Waals surface area contributed by atoms with E-state index in [2.05, 4.69) is 20.3 Å². The summed E-state index contributed by atoms with van der Waals surface area (Å²) in [5.74, 6) is -0.475. The maximum absolute atomic E-state index is 11.6. The number of hydrogen-bond donors (Lipinski definition) is 1. The maximum atomic E-state index is 11.6. The topological polar surface area (TPSA) is 80.9 Å². The fraction of sp³-hybridized carbons (Fsp3) is 0.111. The zero-order chi connectivity index (χ0) is 11.5. The zero-order valence-corrected chi connectivity index (χ0v) is 9.02. The van der Waals surface area contributed by atoms with Crippen LogP contribution in [0.5, 0.6) is 0 Å². The Balaban J connectivity index is 2.14. The second kappa shape index (κ2) is 4.28. The number of hydrogen-bond acceptors (Lipinski definition) is 5. The smallest absolute Gasteiger partial charge is 0.301 e. The summed E-state index contributed by atoms with van der Waals surface area (Å²) >= 11 is 5.60. The van der Waals surface area contributed by atoms with E-state index in [9.17, 15) is 4.79 Å². The number of carbonyl (C=O) groups is 1. The van der Waals surface area contributed by atoms with Crippen LogP contribution in [0, 0.1) is 6.92 Å². The van der Waals surface area contributed by atoms with Crippen LogP contribution in [0.2, 0.25) is 5.15 Å². The SMILES string of the molecule is Cc1coc(NC(=O)c2cncc(Cl)n2)n1. The van der Waals surface area contributed by atoms with Crippen LogP contribution in [0.1, 0.15) is 16.2 Å². The lowest BCUT2D eigenvalue weighted by Gasteiger charge is -1.99. The Morgan fingerprint density at radius 2 is 2.25 bits per heavy atom. The second-order valence-corrected chi connectivity index (χ2v) is 3.36. The molecular formula is C9H7ClN4O2. The third-order valence-corrected chi connectivity index (χ3v) is 1.86. The number of nitrogens with one attached hydrogen (secondary N) is 1. The van der Waals surface area contributed by atoms with Crippen molar-refractivity contribution in [2.75, 3.05) is 5.32 Å². The van der Waals surface area contributed by atoms with Crippen molar-refractivity contribution in [1.29, 1.82) is 0 Å². The number of halogens is 1. The number of aromatic nitrogens is 3. The summed E-state index contributed by atoms with van der Waals surface area (Å²) in [5.41, 5.74) is 0.774. The van der Waals surface area contributed by atoms with Crippen LogP contribution < -0.4 is 5.32 Å². The van der Waals surface area contributed by atoms with E-state index in [4.69, 9.17) is 16.0 Å². The maximum Gasteiger partial charge on any atom is 0.301 e. The van der Waals surface area contributed by atoms with Gasteiger partial charge in [-0.25, -0.2) is 4.98 Å². The lowest BCUT2D eigenvalue weighted by molar-refractivity contribution is 0.101. The Morgan fingerprint density at radius 1 is 1.44 bits per heavy atom. The molecule has 0 aromatic carbocycles. The van der Waals surface area contributed by atoms with Crippen LogP contribution in [0.3, 0.4) is 0 Å². The number of aryl methyl sites for hydroxylation is 1. The molecular weight excluding hydrogens is 232 g/mol. The minimum Gasteiger partial charge on any atom is -0.432 e. The van der Waals surface area contributed by atoms with E-state index >= 15 is 0 Å². The van der Waals surface area contributed by atoms with Gasteiger partial charge in [0.25, 0.3) is 5.91 Å². The van der Waals surface area contributed by atoms with Crippen molar-refractivity contribution < 1.29 is 9.21 Å². The van der Waals surface area contributed by atoms with Crippen molar-refractivity contribution >= 4 is 23.5 Å². The van der Waals surface area contributed by atoms with Crippen molar-refractivity contribution in [3.63, 3.8) is 0 Å². The third-order valence-electron chi connectivity index (χ3n) is 1.68. The van der Waals surface area contributed by atoms with Gasteiger partial charge in [0.05, 0.1) is 18.1 Å². The Kier molecular flexibility index (Phi) is 2.82. The molecule has 2 heterocycles. The molecule has 0 fully saturated rings. The summed E-state index contributed by atoms with van der Waals surface area (Å²) in [6.45, 7) is 1.75. The average molecular weight is 239 g/mol. The predicted octanol–water partition coefficient (Wildman–Crippen LogP) is 1.68. The first-order valence-corrected chi connectivity index (χ1v) is 4.74. The molecule has 1 amide bonds. The summed E-state index contributed by atoms with van der Waals surface area (Å²) in [5, 5.41) is 2.58. The van der Waals surface area contributed by atoms with Gasteiger partial charge in [-0.05, 0) is 6.92 Å². The largest absolute Gasteiger partial charge is 0.432 e. The highest BCUT2D eigenvalue weighted by Gasteiger charge is 2.11. The molecule has 2 rings (SSSR count). The van der Waals surface area contributed by atoms with Gasteiger partial charge in [-0.15, -0.1) is 0 Å². The molecule has 2 aromatic rings. The molecule has 0 bridgehead atoms. The summed E-state index contributed by atoms with van der Waals surface area (Å²) in [6, 6.07) is 0.115. The van der Waals surface area contributed by atoms with Crippen molar-refractivity contribution in [1.82, 2.24) is 15.0 Å². The van der Waals surface area contributed by atoms with E-state index in [-0.39, 0.29) is 16.9 Å². The van der Waals surface area contributed by atoms with Gasteiger partial charge < -0.3 is 4.42 Å². The van der Waals surface area contributed by atoms with Crippen molar-refractivity contribution in [3.8, 4) is 0 Å². The van der Waals surface area contributed by atoms with E-state index in [1.165, 1.54) is 18.7 Å². The molecule has 0 aliphatic rings. The van der Waals surface area contributed by atoms with Crippen LogP contribution in [0.25, 0.3) is 0 Å². The van der Waals surface area contributed by atoms with Gasteiger partial charge in [0.15, 0.2) is 0 Å². The molecule has 0 aliphatic carbocycles. The minimum absolute atomic E-state index is 0.100. The molecule has 0 saturated carbocycles. The van der Waals surface area contributed by atoms with Gasteiger partial charge in [-0.3, -0.25) is 15.1 Å². The molecule has 0 unspecified atom stereocenters. The van der Waals surface area contributed by atoms with Gasteiger partial charge in [-0.1, -0.05) is 11.6 Å². The Labute approximate surface area is 95.7 Å². The normalized spacial score (nSPS) is 10.1. The highest BCUT2D eigenvalue weighted by atomic mass is 35.5. The van der Waals surface area contributed by atoms with Crippen molar-refractivity contribution in [3.05, 3.63) is 35.2 Å². The van der Waals surface area contributed by atoms with Gasteiger partial charge >= 0.3 is 6.01 Å². The quantitative estimate of drug-likeness (QED) is 0.861. The molecule has 2 aromatic heterocycles. The zero-order valence-electron chi connectivity index (χ0n) is 8.27. The first-order chi connectivity index (χ1) is 7.65. The first-order valence-electron chi connectivity index (χ1n) is 4.36. The fourth-order valence-corrected chi connectivity index (χ4v) is 1.17. The predicted molar refractivity (Wildman–Crippen MR) is 56.2 cm³/mol. The monoisotopic (exact) mass is 238 g/mol. The molecule has 6 nitrogen and oxygen atoms in total. The number of nitrogens with zero attached hydrogens (tertiary/aromatic N) is 3. The van der Waals surface area contributed by atoms with Crippen molar-refractivity contribution in [2.45, 2.75) is 6.92 Å². The molecule has 16 heavy (non-hydrogen) atoms. The molecule has 7 heteroatoms. The van der Waals surface area contributed by atoms with Gasteiger partial charge in [-0.2, -0.15) is 4.98 Å². The van der Waals surface area contributed by atoms with Crippen LogP contribution in [0.15, 0.2) is 23.1 Å². The molecule has 0 saturated heterocycles. The molecule has 0 aliphatic heterocycles. The Morgan fingerprint density at radius 3 is 2.88 bits per heavy atom. The standard InChI is InChI=1S/C9H7ClN4O2/c1-5-4-16-9(12-5)14-8(15)6-2-11-3-7(10)13-6/h2-4H,1H3,(H,12,14,15). The molecule has 0 radical (unpaired) electrons. The van der Waals surface area contributed by atoms with Crippen LogP contribution in [-0.4, -0.2) is 20.9 Å². The molecule has 82 valence electrons. The molecule has 0 spiro atoms. The first kappa shape index (κ1) is 10.6. The average Bonchev–Trinajstić information content (AvgIpc) is 2.64. The summed E-state index contributed by atoms with van der Waals surface area (Å²) in [4.78, 5) is 23.1. The van der Waals surface area contributed by atoms with E-state index in [0.29, 0.717) is 5.69 Å². The summed E-state index contributed by atoms with van der Waals surface area (Å²) in [7, 11) is 0. The third kappa shape index (κ3) is 2.34. The van der Waals surface area contributed by atoms with Crippen LogP contribution >= 0.6 is 11.6 Å². The van der Waals surface area contributed by atoms with Crippen LogP contribution in [0.4, 0.5) is 6.01 Å². The highest BCUT2D eigenvalue weighted by Crippen LogP contribution is 2.08. The number of rotatable bonds is 2. The van der Waals surface area contributed by atoms with Gasteiger partial charge in [0.1, 0.15) is 17.1 Å². The summed E-state index contributed by atoms with van der Waals surface area (Å²) < 4.78 is 4.96. The number of amides is 1. The van der Waals surface area contributed by atoms with E-state index in [1.54, 1.807) is 6.92 Å². The highest BCUT2D eigenvalue weighted by molar-refractivity contribution is 6.29. The summed E-state index contributed by atoms with van der Waals surface area (Å²) in [6.07, 6.45) is 4.07. The lowest BCUT2D eigenvalue weighted by Crippen LogP contribution is -2.14. The number of carbonyl (C=O) groups excluding carboxylic acids is 1. The fourth-order valence-electron chi connectivity index (χ4n) is 1.02. The Bertz CT molecular complexity index is 526. The number of anilines is 1. The van der Waals surface area contributed by atoms with E-state index in [0.717, 1.165) is 0 Å². The van der Waals surface area contributed by atoms with Gasteiger partial charge in [0, 0.05) is 0 Å².